The highest BCUT2D eigenvalue weighted by molar-refractivity contribution is 5.16. The van der Waals surface area contributed by atoms with Gasteiger partial charge < -0.3 is 14.6 Å². The van der Waals surface area contributed by atoms with Crippen molar-refractivity contribution in [1.29, 1.82) is 0 Å². The third-order valence-electron chi connectivity index (χ3n) is 3.36. The first kappa shape index (κ1) is 9.19. The van der Waals surface area contributed by atoms with Crippen LogP contribution < -0.4 is 0 Å². The van der Waals surface area contributed by atoms with E-state index in [9.17, 15) is 5.11 Å². The second-order valence-electron chi connectivity index (χ2n) is 4.01. The minimum atomic E-state index is -0.684. The van der Waals surface area contributed by atoms with E-state index < -0.39 is 5.79 Å². The molecule has 2 aliphatic heterocycles. The Balaban J connectivity index is 2.31. The number of aliphatic hydroxyl groups excluding tert-OH is 1. The largest absolute Gasteiger partial charge is 0.392 e. The van der Waals surface area contributed by atoms with Crippen LogP contribution in [-0.2, 0) is 9.47 Å². The summed E-state index contributed by atoms with van der Waals surface area (Å²) in [4.78, 5) is 0. The van der Waals surface area contributed by atoms with Gasteiger partial charge in [0, 0.05) is 18.9 Å². The fraction of sp³-hybridized carbons (Fsp3) is 0.800. The molecule has 2 rings (SSSR count). The normalized spacial score (nSPS) is 54.2. The Kier molecular flexibility index (Phi) is 1.98. The van der Waals surface area contributed by atoms with Crippen LogP contribution in [0.5, 0.6) is 0 Å². The number of hydrogen-bond donors (Lipinski definition) is 1. The van der Waals surface area contributed by atoms with Crippen LogP contribution in [0.25, 0.3) is 0 Å². The van der Waals surface area contributed by atoms with Crippen molar-refractivity contribution in [3.8, 4) is 0 Å². The molecule has 1 N–H and O–H groups in total. The van der Waals surface area contributed by atoms with Gasteiger partial charge in [0.15, 0.2) is 5.79 Å². The summed E-state index contributed by atoms with van der Waals surface area (Å²) in [5.41, 5.74) is 0. The molecule has 0 radical (unpaired) electrons. The van der Waals surface area contributed by atoms with Crippen molar-refractivity contribution in [2.45, 2.75) is 31.8 Å². The molecular weight excluding hydrogens is 168 g/mol. The Morgan fingerprint density at radius 2 is 2.15 bits per heavy atom. The van der Waals surface area contributed by atoms with E-state index in [0.717, 1.165) is 0 Å². The first-order valence-corrected chi connectivity index (χ1v) is 4.71. The van der Waals surface area contributed by atoms with E-state index in [-0.39, 0.29) is 24.0 Å². The van der Waals surface area contributed by atoms with Crippen molar-refractivity contribution in [1.82, 2.24) is 0 Å². The van der Waals surface area contributed by atoms with E-state index in [1.807, 2.05) is 26.0 Å². The summed E-state index contributed by atoms with van der Waals surface area (Å²) in [6.45, 7) is 3.96. The SMILES string of the molecule is CO[C@@]12C=C[C@@H](O1)[C@H](C)[C@@H](O)[C@@H]2C. The highest BCUT2D eigenvalue weighted by atomic mass is 16.7. The number of rotatable bonds is 1. The van der Waals surface area contributed by atoms with Crippen molar-refractivity contribution in [2.75, 3.05) is 7.11 Å². The summed E-state index contributed by atoms with van der Waals surface area (Å²) in [6, 6.07) is 0. The third-order valence-corrected chi connectivity index (χ3v) is 3.36. The molecule has 0 unspecified atom stereocenters. The zero-order valence-corrected chi connectivity index (χ0v) is 8.23. The van der Waals surface area contributed by atoms with E-state index in [2.05, 4.69) is 0 Å². The Morgan fingerprint density at radius 3 is 2.77 bits per heavy atom. The fourth-order valence-electron chi connectivity index (χ4n) is 2.25. The van der Waals surface area contributed by atoms with E-state index >= 15 is 0 Å². The molecule has 5 atom stereocenters. The number of fused-ring (bicyclic) bond motifs is 2. The van der Waals surface area contributed by atoms with Gasteiger partial charge in [0.25, 0.3) is 0 Å². The summed E-state index contributed by atoms with van der Waals surface area (Å²) in [7, 11) is 1.62. The zero-order valence-electron chi connectivity index (χ0n) is 8.23. The van der Waals surface area contributed by atoms with Crippen LogP contribution in [-0.4, -0.2) is 30.2 Å². The van der Waals surface area contributed by atoms with Gasteiger partial charge >= 0.3 is 0 Å². The second-order valence-corrected chi connectivity index (χ2v) is 4.01. The van der Waals surface area contributed by atoms with Crippen molar-refractivity contribution in [3.63, 3.8) is 0 Å². The molecule has 3 heteroatoms. The number of methoxy groups -OCH3 is 1. The van der Waals surface area contributed by atoms with Crippen LogP contribution in [0.15, 0.2) is 12.2 Å². The second kappa shape index (κ2) is 2.80. The smallest absolute Gasteiger partial charge is 0.193 e. The molecule has 0 spiro atoms. The van der Waals surface area contributed by atoms with E-state index in [1.54, 1.807) is 7.11 Å². The number of hydrogen-bond acceptors (Lipinski definition) is 3. The maximum absolute atomic E-state index is 9.92. The molecule has 0 aliphatic carbocycles. The van der Waals surface area contributed by atoms with Crippen LogP contribution >= 0.6 is 0 Å². The lowest BCUT2D eigenvalue weighted by molar-refractivity contribution is -0.279. The molecule has 74 valence electrons. The highest BCUT2D eigenvalue weighted by Crippen LogP contribution is 2.43. The van der Waals surface area contributed by atoms with Gasteiger partial charge in [-0.15, -0.1) is 0 Å². The third kappa shape index (κ3) is 1.08. The van der Waals surface area contributed by atoms with Gasteiger partial charge in [-0.05, 0) is 6.08 Å². The number of ether oxygens (including phenoxy) is 2. The lowest BCUT2D eigenvalue weighted by atomic mass is 9.84. The van der Waals surface area contributed by atoms with Gasteiger partial charge in [-0.1, -0.05) is 19.9 Å². The summed E-state index contributed by atoms with van der Waals surface area (Å²) < 4.78 is 11.1. The molecule has 3 nitrogen and oxygen atoms in total. The Morgan fingerprint density at radius 1 is 1.46 bits per heavy atom. The van der Waals surface area contributed by atoms with Crippen LogP contribution in [0, 0.1) is 11.8 Å². The molecule has 2 bridgehead atoms. The van der Waals surface area contributed by atoms with E-state index in [1.165, 1.54) is 0 Å². The predicted octanol–water partition coefficient (Wildman–Crippen LogP) is 0.931. The van der Waals surface area contributed by atoms with E-state index in [4.69, 9.17) is 9.47 Å². The van der Waals surface area contributed by atoms with Crippen LogP contribution in [0.4, 0.5) is 0 Å². The summed E-state index contributed by atoms with van der Waals surface area (Å²) in [6.07, 6.45) is 3.57. The quantitative estimate of drug-likeness (QED) is 0.616. The first-order chi connectivity index (χ1) is 6.10. The number of aliphatic hydroxyl groups is 1. The molecule has 2 heterocycles. The molecule has 0 amide bonds. The Labute approximate surface area is 78.3 Å². The molecule has 1 saturated heterocycles. The predicted molar refractivity (Wildman–Crippen MR) is 48.1 cm³/mol. The van der Waals surface area contributed by atoms with Crippen LogP contribution in [0.2, 0.25) is 0 Å². The summed E-state index contributed by atoms with van der Waals surface area (Å²) >= 11 is 0. The van der Waals surface area contributed by atoms with Crippen LogP contribution in [0.3, 0.4) is 0 Å². The van der Waals surface area contributed by atoms with Crippen molar-refractivity contribution < 1.29 is 14.6 Å². The zero-order chi connectivity index (χ0) is 9.64. The molecule has 0 saturated carbocycles. The average Bonchev–Trinajstić information content (AvgIpc) is 2.55. The lowest BCUT2D eigenvalue weighted by Gasteiger charge is -2.43. The Bertz CT molecular complexity index is 238. The van der Waals surface area contributed by atoms with Crippen LogP contribution in [0.1, 0.15) is 13.8 Å². The monoisotopic (exact) mass is 184 g/mol. The molecule has 0 aromatic heterocycles. The molecule has 0 aromatic rings. The van der Waals surface area contributed by atoms with Gasteiger partial charge in [0.1, 0.15) is 0 Å². The molecule has 2 aliphatic rings. The van der Waals surface area contributed by atoms with Gasteiger partial charge in [-0.2, -0.15) is 0 Å². The minimum Gasteiger partial charge on any atom is -0.392 e. The minimum absolute atomic E-state index is 0.00569. The van der Waals surface area contributed by atoms with Crippen molar-refractivity contribution in [2.24, 2.45) is 11.8 Å². The van der Waals surface area contributed by atoms with Crippen molar-refractivity contribution >= 4 is 0 Å². The summed E-state index contributed by atoms with van der Waals surface area (Å²) in [5.74, 6) is -0.545. The molecule has 0 aromatic carbocycles. The van der Waals surface area contributed by atoms with Gasteiger partial charge in [-0.25, -0.2) is 0 Å². The maximum Gasteiger partial charge on any atom is 0.193 e. The lowest BCUT2D eigenvalue weighted by Crippen LogP contribution is -2.53. The molecular formula is C10H16O3. The molecule has 13 heavy (non-hydrogen) atoms. The van der Waals surface area contributed by atoms with Gasteiger partial charge in [0.05, 0.1) is 12.2 Å². The summed E-state index contributed by atoms with van der Waals surface area (Å²) in [5, 5.41) is 9.92. The highest BCUT2D eigenvalue weighted by Gasteiger charge is 2.52. The first-order valence-electron chi connectivity index (χ1n) is 4.71. The van der Waals surface area contributed by atoms with Gasteiger partial charge in [0.2, 0.25) is 0 Å². The fourth-order valence-corrected chi connectivity index (χ4v) is 2.25. The van der Waals surface area contributed by atoms with Gasteiger partial charge in [-0.3, -0.25) is 0 Å². The molecule has 1 fully saturated rings. The topological polar surface area (TPSA) is 38.7 Å². The average molecular weight is 184 g/mol. The van der Waals surface area contributed by atoms with Crippen molar-refractivity contribution in [3.05, 3.63) is 12.2 Å². The van der Waals surface area contributed by atoms with E-state index in [0.29, 0.717) is 0 Å². The Hall–Kier alpha value is -0.380. The maximum atomic E-state index is 9.92. The standard InChI is InChI=1S/C10H16O3/c1-6-8-4-5-10(12-3,13-8)7(2)9(6)11/h4-9,11H,1-3H3/t6-,7-,8+,9+,10-/m0/s1.